The molecule has 1 aliphatic rings. The Morgan fingerprint density at radius 1 is 1.28 bits per heavy atom. The third-order valence-corrected chi connectivity index (χ3v) is 4.20. The van der Waals surface area contributed by atoms with Gasteiger partial charge in [0.05, 0.1) is 17.9 Å². The Morgan fingerprint density at radius 3 is 2.55 bits per heavy atom. The summed E-state index contributed by atoms with van der Waals surface area (Å²) in [4.78, 5) is 30.4. The minimum absolute atomic E-state index is 0.0738. The molecular formula is C22H34N4O3. The van der Waals surface area contributed by atoms with Gasteiger partial charge in [-0.05, 0) is 37.8 Å². The number of nitrogens with one attached hydrogen (secondary N) is 1. The van der Waals surface area contributed by atoms with Crippen molar-refractivity contribution in [3.05, 3.63) is 48.1 Å². The van der Waals surface area contributed by atoms with Crippen molar-refractivity contribution in [3.8, 4) is 0 Å². The number of hydrogen-bond acceptors (Lipinski definition) is 5. The Labute approximate surface area is 173 Å². The molecule has 0 aromatic carbocycles. The number of amides is 2. The molecule has 2 amide bonds. The van der Waals surface area contributed by atoms with Gasteiger partial charge in [0.25, 0.3) is 0 Å². The number of nitrogens with zero attached hydrogens (tertiary/aromatic N) is 3. The second-order valence-corrected chi connectivity index (χ2v) is 7.02. The van der Waals surface area contributed by atoms with Gasteiger partial charge in [-0.25, -0.2) is 0 Å². The Morgan fingerprint density at radius 2 is 2.03 bits per heavy atom. The van der Waals surface area contributed by atoms with E-state index in [2.05, 4.69) is 20.0 Å². The highest BCUT2D eigenvalue weighted by molar-refractivity contribution is 5.88. The minimum atomic E-state index is -0.319. The first-order valence-corrected chi connectivity index (χ1v) is 10.3. The number of rotatable bonds is 5. The van der Waals surface area contributed by atoms with Gasteiger partial charge in [0.2, 0.25) is 11.8 Å². The molecule has 1 unspecified atom stereocenters. The van der Waals surface area contributed by atoms with Crippen molar-refractivity contribution < 1.29 is 14.1 Å². The quantitative estimate of drug-likeness (QED) is 0.823. The molecule has 2 aromatic rings. The van der Waals surface area contributed by atoms with Crippen molar-refractivity contribution in [1.29, 1.82) is 0 Å². The largest absolute Gasteiger partial charge is 0.365 e. The van der Waals surface area contributed by atoms with E-state index in [-0.39, 0.29) is 17.9 Å². The lowest BCUT2D eigenvalue weighted by atomic mass is 10.1. The molecule has 3 heterocycles. The summed E-state index contributed by atoms with van der Waals surface area (Å²) >= 11 is 0. The Bertz CT molecular complexity index is 702. The lowest BCUT2D eigenvalue weighted by molar-refractivity contribution is -0.139. The molecular weight excluding hydrogens is 368 g/mol. The summed E-state index contributed by atoms with van der Waals surface area (Å²) in [6.45, 7) is 11.0. The summed E-state index contributed by atoms with van der Waals surface area (Å²) in [5, 5.41) is 6.43. The van der Waals surface area contributed by atoms with Crippen molar-refractivity contribution in [2.75, 3.05) is 6.54 Å². The molecule has 3 rings (SSSR count). The van der Waals surface area contributed by atoms with Crippen molar-refractivity contribution in [1.82, 2.24) is 20.4 Å². The Balaban J connectivity index is 0.000000442. The second-order valence-electron chi connectivity index (χ2n) is 7.02. The van der Waals surface area contributed by atoms with E-state index in [4.69, 9.17) is 0 Å². The molecule has 1 saturated heterocycles. The van der Waals surface area contributed by atoms with Gasteiger partial charge >= 0.3 is 0 Å². The Hall–Kier alpha value is -2.70. The monoisotopic (exact) mass is 402 g/mol. The highest BCUT2D eigenvalue weighted by Crippen LogP contribution is 2.20. The van der Waals surface area contributed by atoms with Crippen LogP contribution in [0.25, 0.3) is 0 Å². The predicted molar refractivity (Wildman–Crippen MR) is 113 cm³/mol. The van der Waals surface area contributed by atoms with Gasteiger partial charge in [0.1, 0.15) is 12.3 Å². The normalized spacial score (nSPS) is 15.1. The topological polar surface area (TPSA) is 88.3 Å². The maximum Gasteiger partial charge on any atom is 0.243 e. The zero-order valence-electron chi connectivity index (χ0n) is 18.2. The van der Waals surface area contributed by atoms with E-state index in [0.717, 1.165) is 24.2 Å². The lowest BCUT2D eigenvalue weighted by Crippen LogP contribution is -2.46. The fraction of sp³-hybridized carbons (Fsp3) is 0.545. The predicted octanol–water partition coefficient (Wildman–Crippen LogP) is 3.74. The van der Waals surface area contributed by atoms with Crippen LogP contribution >= 0.6 is 0 Å². The first-order valence-electron chi connectivity index (χ1n) is 10.3. The van der Waals surface area contributed by atoms with Crippen LogP contribution in [-0.4, -0.2) is 39.4 Å². The number of hydrogen-bond donors (Lipinski definition) is 1. The number of aromatic nitrogens is 2. The molecule has 7 nitrogen and oxygen atoms in total. The molecule has 7 heteroatoms. The minimum Gasteiger partial charge on any atom is -0.365 e. The second kappa shape index (κ2) is 13.5. The van der Waals surface area contributed by atoms with Crippen molar-refractivity contribution >= 4 is 11.8 Å². The summed E-state index contributed by atoms with van der Waals surface area (Å²) in [7, 11) is 0. The first kappa shape index (κ1) is 24.3. The summed E-state index contributed by atoms with van der Waals surface area (Å²) in [6.07, 6.45) is 5.40. The molecule has 0 saturated carbocycles. The molecule has 160 valence electrons. The molecule has 1 aliphatic heterocycles. The van der Waals surface area contributed by atoms with Gasteiger partial charge in [-0.1, -0.05) is 38.9 Å². The van der Waals surface area contributed by atoms with Crippen molar-refractivity contribution in [2.24, 2.45) is 5.92 Å². The zero-order chi connectivity index (χ0) is 21.6. The van der Waals surface area contributed by atoms with Crippen LogP contribution in [0.1, 0.15) is 58.3 Å². The summed E-state index contributed by atoms with van der Waals surface area (Å²) in [5.74, 6) is 0.325. The smallest absolute Gasteiger partial charge is 0.243 e. The van der Waals surface area contributed by atoms with Crippen LogP contribution in [-0.2, 0) is 16.1 Å². The maximum absolute atomic E-state index is 12.3. The van der Waals surface area contributed by atoms with Gasteiger partial charge < -0.3 is 14.7 Å². The van der Waals surface area contributed by atoms with Crippen LogP contribution in [0.15, 0.2) is 41.2 Å². The van der Waals surface area contributed by atoms with E-state index >= 15 is 0 Å². The van der Waals surface area contributed by atoms with Gasteiger partial charge in [-0.3, -0.25) is 14.6 Å². The van der Waals surface area contributed by atoms with Crippen molar-refractivity contribution in [3.63, 3.8) is 0 Å². The lowest BCUT2D eigenvalue weighted by Gasteiger charge is -2.24. The summed E-state index contributed by atoms with van der Waals surface area (Å²) < 4.78 is 4.46. The van der Waals surface area contributed by atoms with E-state index in [1.807, 2.05) is 52.8 Å². The van der Waals surface area contributed by atoms with Crippen LogP contribution in [0.4, 0.5) is 0 Å². The van der Waals surface area contributed by atoms with Crippen LogP contribution in [0, 0.1) is 12.8 Å². The molecule has 0 spiro atoms. The maximum atomic E-state index is 12.3. The summed E-state index contributed by atoms with van der Waals surface area (Å²) in [6, 6.07) is 7.09. The molecule has 2 aromatic heterocycles. The number of pyridine rings is 1. The number of aryl methyl sites for hydroxylation is 1. The molecule has 1 atom stereocenters. The number of likely N-dealkylation sites (tertiary alicyclic amines) is 1. The third kappa shape index (κ3) is 8.89. The molecule has 1 N–H and O–H groups in total. The molecule has 1 fully saturated rings. The van der Waals surface area contributed by atoms with Crippen LogP contribution in [0.5, 0.6) is 0 Å². The van der Waals surface area contributed by atoms with Crippen LogP contribution in [0.3, 0.4) is 0 Å². The average molecular weight is 403 g/mol. The highest BCUT2D eigenvalue weighted by Gasteiger charge is 2.33. The summed E-state index contributed by atoms with van der Waals surface area (Å²) in [5.41, 5.74) is 1.75. The van der Waals surface area contributed by atoms with Crippen LogP contribution < -0.4 is 5.32 Å². The van der Waals surface area contributed by atoms with E-state index in [1.54, 1.807) is 23.4 Å². The molecule has 29 heavy (non-hydrogen) atoms. The van der Waals surface area contributed by atoms with E-state index < -0.39 is 0 Å². The fourth-order valence-electron chi connectivity index (χ4n) is 2.88. The van der Waals surface area contributed by atoms with E-state index in [9.17, 15) is 9.59 Å². The zero-order valence-corrected chi connectivity index (χ0v) is 18.2. The Kier molecular flexibility index (Phi) is 11.3. The van der Waals surface area contributed by atoms with Crippen molar-refractivity contribution in [2.45, 2.75) is 66.5 Å². The SMILES string of the molecule is CC.CC(C)CC(=O)N1CCCC1C(=O)NCc1ccccn1.Cc1ccon1. The standard InChI is InChI=1S/C16H23N3O2.C4H5NO.C2H6/c1-12(2)10-15(20)19-9-5-7-14(19)16(21)18-11-13-6-3-4-8-17-13;1-4-2-3-6-5-4;1-2/h3-4,6,8,12,14H,5,7,9-11H2,1-2H3,(H,18,21);2-3H,1H3;1-2H3. The number of carbonyl (C=O) groups is 2. The van der Waals surface area contributed by atoms with E-state index in [0.29, 0.717) is 25.4 Å². The number of carbonyl (C=O) groups excluding carboxylic acids is 2. The van der Waals surface area contributed by atoms with Gasteiger partial charge in [-0.2, -0.15) is 0 Å². The molecule has 0 aliphatic carbocycles. The van der Waals surface area contributed by atoms with Gasteiger partial charge in [0.15, 0.2) is 0 Å². The van der Waals surface area contributed by atoms with Gasteiger partial charge in [0, 0.05) is 25.2 Å². The molecule has 0 radical (unpaired) electrons. The van der Waals surface area contributed by atoms with Crippen LogP contribution in [0.2, 0.25) is 0 Å². The fourth-order valence-corrected chi connectivity index (χ4v) is 2.88. The first-order chi connectivity index (χ1) is 14.0. The third-order valence-electron chi connectivity index (χ3n) is 4.20. The van der Waals surface area contributed by atoms with Gasteiger partial charge in [-0.15, -0.1) is 0 Å². The average Bonchev–Trinajstić information content (AvgIpc) is 3.40. The van der Waals surface area contributed by atoms with E-state index in [1.165, 1.54) is 0 Å². The highest BCUT2D eigenvalue weighted by atomic mass is 16.5. The molecule has 0 bridgehead atoms.